The zero-order valence-electron chi connectivity index (χ0n) is 20.3. The molecule has 1 unspecified atom stereocenters. The molecule has 0 bridgehead atoms. The molecule has 167 valence electrons. The third-order valence-electron chi connectivity index (χ3n) is 5.47. The largest absolute Gasteiger partial charge is 0.675 e. The smallest absolute Gasteiger partial charge is 0.0213 e. The van der Waals surface area contributed by atoms with Gasteiger partial charge in [0.2, 0.25) is 0 Å². The second-order valence-electron chi connectivity index (χ2n) is 8.09. The van der Waals surface area contributed by atoms with Gasteiger partial charge in [0.15, 0.2) is 0 Å². The van der Waals surface area contributed by atoms with E-state index in [0.29, 0.717) is 12.0 Å². The number of allylic oxidation sites excluding steroid dienone is 4. The Morgan fingerprint density at radius 1 is 0.806 bits per heavy atom. The van der Waals surface area contributed by atoms with Gasteiger partial charge in [-0.05, 0) is 11.1 Å². The van der Waals surface area contributed by atoms with E-state index in [1.807, 2.05) is 12.1 Å². The molecule has 4 rings (SSSR count). The van der Waals surface area contributed by atoms with Gasteiger partial charge in [-0.3, -0.25) is 6.08 Å². The molecule has 2 aromatic rings. The van der Waals surface area contributed by atoms with Crippen molar-refractivity contribution in [1.82, 2.24) is 0 Å². The Morgan fingerprint density at radius 2 is 1.19 bits per heavy atom. The fourth-order valence-corrected chi connectivity index (χ4v) is 3.35. The summed E-state index contributed by atoms with van der Waals surface area (Å²) in [5, 5.41) is 0. The van der Waals surface area contributed by atoms with Gasteiger partial charge in [0.25, 0.3) is 0 Å². The maximum absolute atomic E-state index is 7.13. The quantitative estimate of drug-likeness (QED) is 0.233. The van der Waals surface area contributed by atoms with Crippen LogP contribution in [0.2, 0.25) is 13.1 Å². The summed E-state index contributed by atoms with van der Waals surface area (Å²) in [6.45, 7) is 13.1. The van der Waals surface area contributed by atoms with Gasteiger partial charge in [-0.1, -0.05) is 126 Å². The zero-order chi connectivity index (χ0) is 22.4. The predicted molar refractivity (Wildman–Crippen MR) is 137 cm³/mol. The standard InChI is InChI=1S/C12H10.C9H13.C5H10N.C2H7Si.Hf/c1-3-7-11(8-4-1)12-9-5-2-6-10-12;1-6-5-7(2)9(4)8(6)3;6-5-3-1-2-4-5;1-3-2;/h1-10H;6H,1-4H3;5-6H,1-4H2;3H,1-2H3;/q;2*-1;;. The Morgan fingerprint density at radius 3 is 1.39 bits per heavy atom. The Hall–Kier alpha value is -1.03. The summed E-state index contributed by atoms with van der Waals surface area (Å²) < 4.78 is 0. The molecule has 1 N–H and O–H groups in total. The summed E-state index contributed by atoms with van der Waals surface area (Å²) in [6, 6.07) is 21.1. The first-order chi connectivity index (χ1) is 14.4. The van der Waals surface area contributed by atoms with Gasteiger partial charge in [0.05, 0.1) is 0 Å². The van der Waals surface area contributed by atoms with E-state index in [4.69, 9.17) is 5.73 Å². The summed E-state index contributed by atoms with van der Waals surface area (Å²) in [5.74, 6) is 0.560. The summed E-state index contributed by atoms with van der Waals surface area (Å²) in [5.41, 5.74) is 13.9. The third kappa shape index (κ3) is 12.0. The summed E-state index contributed by atoms with van der Waals surface area (Å²) in [6.07, 6.45) is 8.26. The van der Waals surface area contributed by atoms with Crippen molar-refractivity contribution in [3.8, 4) is 11.1 Å². The number of hydrogen-bond donors (Lipinski definition) is 0. The number of rotatable bonds is 1. The summed E-state index contributed by atoms with van der Waals surface area (Å²) in [7, 11) is 0.750. The molecular formula is C28H40HfNSi-2. The second kappa shape index (κ2) is 17.5. The SMILES string of the molecule is CC1=[C-]C(C)C(C)=C1C.C[SiH]C.[Hf].[NH-]C1CCCC1.c1ccc(-c2ccccc2)cc1. The van der Waals surface area contributed by atoms with Gasteiger partial charge >= 0.3 is 0 Å². The summed E-state index contributed by atoms with van der Waals surface area (Å²) in [4.78, 5) is 0. The average Bonchev–Trinajstić information content (AvgIpc) is 3.33. The summed E-state index contributed by atoms with van der Waals surface area (Å²) >= 11 is 0. The van der Waals surface area contributed by atoms with Gasteiger partial charge in [-0.15, -0.1) is 13.0 Å². The molecule has 0 aromatic heterocycles. The van der Waals surface area contributed by atoms with Crippen LogP contribution in [0.4, 0.5) is 0 Å². The Balaban J connectivity index is 0.000000421. The zero-order valence-corrected chi connectivity index (χ0v) is 25.1. The first kappa shape index (κ1) is 30.0. The number of nitrogens with one attached hydrogen (secondary N) is 1. The fraction of sp³-hybridized carbons (Fsp3) is 0.429. The maximum Gasteiger partial charge on any atom is 0.0213 e. The first-order valence-electron chi connectivity index (χ1n) is 11.2. The van der Waals surface area contributed by atoms with Crippen LogP contribution in [0.15, 0.2) is 77.4 Å². The van der Waals surface area contributed by atoms with Gasteiger partial charge < -0.3 is 5.73 Å². The van der Waals surface area contributed by atoms with Crippen LogP contribution in [0.5, 0.6) is 0 Å². The second-order valence-corrected chi connectivity index (χ2v) is 9.24. The molecule has 0 saturated heterocycles. The van der Waals surface area contributed by atoms with Gasteiger partial charge in [0.1, 0.15) is 0 Å². The predicted octanol–water partition coefficient (Wildman–Crippen LogP) is 8.57. The van der Waals surface area contributed by atoms with E-state index < -0.39 is 0 Å². The van der Waals surface area contributed by atoms with Crippen LogP contribution < -0.4 is 0 Å². The first-order valence-corrected chi connectivity index (χ1v) is 13.5. The Labute approximate surface area is 213 Å². The molecule has 1 saturated carbocycles. The van der Waals surface area contributed by atoms with Crippen LogP contribution >= 0.6 is 0 Å². The van der Waals surface area contributed by atoms with E-state index in [0.717, 1.165) is 22.4 Å². The molecule has 0 amide bonds. The van der Waals surface area contributed by atoms with Crippen molar-refractivity contribution in [2.24, 2.45) is 5.92 Å². The van der Waals surface area contributed by atoms with Gasteiger partial charge in [0, 0.05) is 35.4 Å². The minimum atomic E-state index is 0. The third-order valence-corrected chi connectivity index (χ3v) is 5.47. The molecule has 1 fully saturated rings. The average molecular weight is 597 g/mol. The van der Waals surface area contributed by atoms with E-state index in [-0.39, 0.29) is 25.8 Å². The monoisotopic (exact) mass is 598 g/mol. The molecule has 3 heteroatoms. The fourth-order valence-electron chi connectivity index (χ4n) is 3.35. The molecule has 0 aliphatic heterocycles. The normalized spacial score (nSPS) is 17.1. The van der Waals surface area contributed by atoms with Crippen molar-refractivity contribution in [3.63, 3.8) is 0 Å². The van der Waals surface area contributed by atoms with E-state index in [9.17, 15) is 0 Å². The molecule has 0 spiro atoms. The topological polar surface area (TPSA) is 23.8 Å². The van der Waals surface area contributed by atoms with Crippen LogP contribution in [0.1, 0.15) is 53.4 Å². The van der Waals surface area contributed by atoms with Crippen LogP contribution in [0.25, 0.3) is 16.9 Å². The maximum atomic E-state index is 7.13. The molecule has 1 nitrogen and oxygen atoms in total. The minimum Gasteiger partial charge on any atom is -0.675 e. The molecule has 31 heavy (non-hydrogen) atoms. The molecule has 1 radical (unpaired) electrons. The number of hydrogen-bond acceptors (Lipinski definition) is 0. The van der Waals surface area contributed by atoms with Crippen LogP contribution in [-0.2, 0) is 25.8 Å². The molecular weight excluding hydrogens is 557 g/mol. The molecule has 2 aliphatic rings. The van der Waals surface area contributed by atoms with Gasteiger partial charge in [-0.2, -0.15) is 11.1 Å². The van der Waals surface area contributed by atoms with Crippen molar-refractivity contribution in [1.29, 1.82) is 0 Å². The molecule has 2 aliphatic carbocycles. The number of benzene rings is 2. The van der Waals surface area contributed by atoms with Crippen LogP contribution in [-0.4, -0.2) is 15.6 Å². The van der Waals surface area contributed by atoms with Crippen molar-refractivity contribution in [2.75, 3.05) is 0 Å². The Kier molecular flexibility index (Phi) is 16.9. The minimum absolute atomic E-state index is 0. The van der Waals surface area contributed by atoms with Gasteiger partial charge in [-0.25, -0.2) is 5.57 Å². The molecule has 1 atom stereocenters. The van der Waals surface area contributed by atoms with Crippen molar-refractivity contribution >= 4 is 9.52 Å². The van der Waals surface area contributed by atoms with Crippen molar-refractivity contribution in [2.45, 2.75) is 72.5 Å². The Bertz CT molecular complexity index is 725. The van der Waals surface area contributed by atoms with Crippen molar-refractivity contribution < 1.29 is 25.8 Å². The van der Waals surface area contributed by atoms with E-state index >= 15 is 0 Å². The van der Waals surface area contributed by atoms with E-state index in [1.54, 1.807) is 0 Å². The van der Waals surface area contributed by atoms with Crippen LogP contribution in [0, 0.1) is 12.0 Å². The molecule has 0 heterocycles. The molecule has 2 aromatic carbocycles. The van der Waals surface area contributed by atoms with Crippen molar-refractivity contribution in [3.05, 3.63) is 89.2 Å². The van der Waals surface area contributed by atoms with E-state index in [1.165, 1.54) is 40.7 Å². The van der Waals surface area contributed by atoms with E-state index in [2.05, 4.69) is 95.4 Å². The van der Waals surface area contributed by atoms with Crippen LogP contribution in [0.3, 0.4) is 0 Å².